The van der Waals surface area contributed by atoms with Gasteiger partial charge in [-0.25, -0.2) is 0 Å². The molecule has 25 heavy (non-hydrogen) atoms. The van der Waals surface area contributed by atoms with Crippen molar-refractivity contribution in [2.45, 2.75) is 90.8 Å². The normalized spacial score (nSPS) is 37.4. The van der Waals surface area contributed by atoms with E-state index < -0.39 is 0 Å². The molecule has 144 valence electrons. The van der Waals surface area contributed by atoms with Gasteiger partial charge in [-0.15, -0.1) is 0 Å². The zero-order valence-corrected chi connectivity index (χ0v) is 17.7. The zero-order valence-electron chi connectivity index (χ0n) is 17.7. The Labute approximate surface area is 156 Å². The van der Waals surface area contributed by atoms with Crippen molar-refractivity contribution < 1.29 is 0 Å². The van der Waals surface area contributed by atoms with E-state index in [0.29, 0.717) is 21.9 Å². The first-order valence-electron chi connectivity index (χ1n) is 10.7. The highest BCUT2D eigenvalue weighted by Crippen LogP contribution is 2.54. The van der Waals surface area contributed by atoms with Crippen molar-refractivity contribution in [2.75, 3.05) is 39.3 Å². The standard InChI is InChI=1S/C22H41N3/c1-19(2,3)24-10-7-21(8-11-24)15-23(16-21)18-13-22(14-18)9-12-25(17-22)20(4,5)6/h18H,7-17H2,1-6H3. The molecule has 3 nitrogen and oxygen atoms in total. The van der Waals surface area contributed by atoms with Crippen molar-refractivity contribution >= 4 is 0 Å². The van der Waals surface area contributed by atoms with Crippen molar-refractivity contribution in [1.29, 1.82) is 0 Å². The highest BCUT2D eigenvalue weighted by molar-refractivity contribution is 5.10. The smallest absolute Gasteiger partial charge is 0.0125 e. The van der Waals surface area contributed by atoms with Gasteiger partial charge >= 0.3 is 0 Å². The third kappa shape index (κ3) is 3.30. The molecule has 2 spiro atoms. The van der Waals surface area contributed by atoms with Crippen LogP contribution in [0.25, 0.3) is 0 Å². The molecule has 1 aliphatic carbocycles. The van der Waals surface area contributed by atoms with E-state index in [-0.39, 0.29) is 0 Å². The summed E-state index contributed by atoms with van der Waals surface area (Å²) in [6.07, 6.45) is 7.25. The van der Waals surface area contributed by atoms with Gasteiger partial charge in [0.15, 0.2) is 0 Å². The number of hydrogen-bond acceptors (Lipinski definition) is 3. The van der Waals surface area contributed by atoms with E-state index in [1.54, 1.807) is 0 Å². The quantitative estimate of drug-likeness (QED) is 0.714. The highest BCUT2D eigenvalue weighted by atomic mass is 15.3. The Morgan fingerprint density at radius 2 is 1.12 bits per heavy atom. The Bertz CT molecular complexity index is 490. The van der Waals surface area contributed by atoms with Crippen LogP contribution in [0, 0.1) is 10.8 Å². The predicted molar refractivity (Wildman–Crippen MR) is 106 cm³/mol. The molecule has 0 N–H and O–H groups in total. The van der Waals surface area contributed by atoms with Gasteiger partial charge in [0, 0.05) is 36.8 Å². The molecular formula is C22H41N3. The van der Waals surface area contributed by atoms with E-state index in [0.717, 1.165) is 6.04 Å². The van der Waals surface area contributed by atoms with E-state index >= 15 is 0 Å². The molecular weight excluding hydrogens is 306 g/mol. The molecule has 0 unspecified atom stereocenters. The minimum Gasteiger partial charge on any atom is -0.299 e. The molecule has 3 heteroatoms. The minimum atomic E-state index is 0.354. The molecule has 4 rings (SSSR count). The Kier molecular flexibility index (Phi) is 4.15. The number of hydrogen-bond donors (Lipinski definition) is 0. The number of piperidine rings is 1. The molecule has 0 radical (unpaired) electrons. The molecule has 0 aromatic heterocycles. The largest absolute Gasteiger partial charge is 0.299 e. The number of rotatable bonds is 1. The lowest BCUT2D eigenvalue weighted by atomic mass is 9.61. The van der Waals surface area contributed by atoms with E-state index in [2.05, 4.69) is 56.2 Å². The first-order valence-corrected chi connectivity index (χ1v) is 10.7. The van der Waals surface area contributed by atoms with Gasteiger partial charge in [-0.05, 0) is 104 Å². The lowest BCUT2D eigenvalue weighted by molar-refractivity contribution is -0.121. The van der Waals surface area contributed by atoms with E-state index in [1.807, 2.05) is 0 Å². The summed E-state index contributed by atoms with van der Waals surface area (Å²) in [5.74, 6) is 0. The zero-order chi connectivity index (χ0) is 18.1. The molecule has 0 bridgehead atoms. The third-order valence-corrected chi connectivity index (χ3v) is 8.09. The van der Waals surface area contributed by atoms with Gasteiger partial charge in [-0.2, -0.15) is 0 Å². The van der Waals surface area contributed by atoms with Crippen molar-refractivity contribution in [2.24, 2.45) is 10.8 Å². The second kappa shape index (κ2) is 5.69. The fourth-order valence-electron chi connectivity index (χ4n) is 6.08. The van der Waals surface area contributed by atoms with Crippen LogP contribution in [0.1, 0.15) is 73.6 Å². The van der Waals surface area contributed by atoms with Crippen LogP contribution in [0.2, 0.25) is 0 Å². The van der Waals surface area contributed by atoms with Crippen LogP contribution in [0.5, 0.6) is 0 Å². The summed E-state index contributed by atoms with van der Waals surface area (Å²) in [6, 6.07) is 0.909. The van der Waals surface area contributed by atoms with Crippen LogP contribution in [-0.4, -0.2) is 71.1 Å². The first-order chi connectivity index (χ1) is 11.5. The molecule has 0 aromatic carbocycles. The summed E-state index contributed by atoms with van der Waals surface area (Å²) >= 11 is 0. The summed E-state index contributed by atoms with van der Waals surface area (Å²) in [4.78, 5) is 8.26. The van der Waals surface area contributed by atoms with Gasteiger partial charge in [-0.3, -0.25) is 14.7 Å². The average molecular weight is 348 g/mol. The van der Waals surface area contributed by atoms with Crippen LogP contribution < -0.4 is 0 Å². The van der Waals surface area contributed by atoms with Crippen molar-refractivity contribution in [1.82, 2.24) is 14.7 Å². The van der Waals surface area contributed by atoms with Gasteiger partial charge in [-0.1, -0.05) is 0 Å². The highest BCUT2D eigenvalue weighted by Gasteiger charge is 2.56. The molecule has 4 fully saturated rings. The van der Waals surface area contributed by atoms with Gasteiger partial charge < -0.3 is 0 Å². The fourth-order valence-corrected chi connectivity index (χ4v) is 6.08. The van der Waals surface area contributed by atoms with E-state index in [4.69, 9.17) is 0 Å². The second-order valence-electron chi connectivity index (χ2n) is 12.0. The maximum Gasteiger partial charge on any atom is 0.0125 e. The molecule has 0 atom stereocenters. The average Bonchev–Trinajstić information content (AvgIpc) is 2.88. The van der Waals surface area contributed by atoms with Gasteiger partial charge in [0.2, 0.25) is 0 Å². The summed E-state index contributed by atoms with van der Waals surface area (Å²) in [5, 5.41) is 0. The van der Waals surface area contributed by atoms with Crippen LogP contribution in [0.15, 0.2) is 0 Å². The van der Waals surface area contributed by atoms with Gasteiger partial charge in [0.1, 0.15) is 0 Å². The molecule has 3 aliphatic heterocycles. The van der Waals surface area contributed by atoms with Crippen LogP contribution in [0.4, 0.5) is 0 Å². The Hall–Kier alpha value is -0.120. The Morgan fingerprint density at radius 1 is 0.640 bits per heavy atom. The predicted octanol–water partition coefficient (Wildman–Crippen LogP) is 3.84. The SMILES string of the molecule is CC(C)(C)N1CCC2(CC1)CN(C1CC3(CCN(C(C)(C)C)C3)C1)C2. The van der Waals surface area contributed by atoms with Crippen molar-refractivity contribution in [3.8, 4) is 0 Å². The second-order valence-corrected chi connectivity index (χ2v) is 12.0. The van der Waals surface area contributed by atoms with Crippen molar-refractivity contribution in [3.63, 3.8) is 0 Å². The maximum absolute atomic E-state index is 2.84. The number of nitrogens with zero attached hydrogens (tertiary/aromatic N) is 3. The number of likely N-dealkylation sites (tertiary alicyclic amines) is 3. The van der Waals surface area contributed by atoms with Gasteiger partial charge in [0.25, 0.3) is 0 Å². The Balaban J connectivity index is 1.23. The molecule has 0 aromatic rings. The first kappa shape index (κ1) is 18.3. The molecule has 3 heterocycles. The fraction of sp³-hybridized carbons (Fsp3) is 1.00. The monoisotopic (exact) mass is 347 g/mol. The minimum absolute atomic E-state index is 0.354. The molecule has 4 aliphatic rings. The van der Waals surface area contributed by atoms with E-state index in [9.17, 15) is 0 Å². The molecule has 0 amide bonds. The van der Waals surface area contributed by atoms with Gasteiger partial charge in [0.05, 0.1) is 0 Å². The summed E-state index contributed by atoms with van der Waals surface area (Å²) < 4.78 is 0. The Morgan fingerprint density at radius 3 is 1.60 bits per heavy atom. The van der Waals surface area contributed by atoms with E-state index in [1.165, 1.54) is 71.4 Å². The van der Waals surface area contributed by atoms with Crippen LogP contribution in [0.3, 0.4) is 0 Å². The topological polar surface area (TPSA) is 9.72 Å². The third-order valence-electron chi connectivity index (χ3n) is 8.09. The lowest BCUT2D eigenvalue weighted by Crippen LogP contribution is -2.67. The van der Waals surface area contributed by atoms with Crippen LogP contribution in [-0.2, 0) is 0 Å². The van der Waals surface area contributed by atoms with Crippen molar-refractivity contribution in [3.05, 3.63) is 0 Å². The molecule has 1 saturated carbocycles. The lowest BCUT2D eigenvalue weighted by Gasteiger charge is -2.62. The molecule has 3 saturated heterocycles. The summed E-state index contributed by atoms with van der Waals surface area (Å²) in [5.41, 5.74) is 2.07. The summed E-state index contributed by atoms with van der Waals surface area (Å²) in [6.45, 7) is 22.3. The maximum atomic E-state index is 2.84. The summed E-state index contributed by atoms with van der Waals surface area (Å²) in [7, 11) is 0. The van der Waals surface area contributed by atoms with Crippen LogP contribution >= 0.6 is 0 Å².